The molecule has 100 valence electrons. The highest BCUT2D eigenvalue weighted by Crippen LogP contribution is 2.40. The van der Waals surface area contributed by atoms with Crippen LogP contribution >= 0.6 is 0 Å². The predicted octanol–water partition coefficient (Wildman–Crippen LogP) is 1.91. The van der Waals surface area contributed by atoms with Crippen molar-refractivity contribution in [2.75, 3.05) is 13.7 Å². The predicted molar refractivity (Wildman–Crippen MR) is 70.7 cm³/mol. The zero-order valence-corrected chi connectivity index (χ0v) is 11.8. The molecule has 5 heteroatoms. The van der Waals surface area contributed by atoms with Crippen LogP contribution in [0, 0.1) is 0 Å². The molecule has 0 spiro atoms. The lowest BCUT2D eigenvalue weighted by atomic mass is 10.0. The van der Waals surface area contributed by atoms with E-state index < -0.39 is 15.1 Å². The maximum Gasteiger partial charge on any atom is 0.183 e. The summed E-state index contributed by atoms with van der Waals surface area (Å²) in [5.74, 6) is 0.696. The number of ether oxygens (including phenoxy) is 1. The first-order chi connectivity index (χ1) is 8.52. The Morgan fingerprint density at radius 1 is 1.39 bits per heavy atom. The third-order valence-electron chi connectivity index (χ3n) is 3.43. The highest BCUT2D eigenvalue weighted by molar-refractivity contribution is 7.92. The zero-order valence-electron chi connectivity index (χ0n) is 10.9. The van der Waals surface area contributed by atoms with Crippen molar-refractivity contribution < 1.29 is 13.2 Å². The Labute approximate surface area is 108 Å². The molecule has 0 amide bonds. The highest BCUT2D eigenvalue weighted by Gasteiger charge is 2.41. The second kappa shape index (κ2) is 4.90. The molecular formula is C13H19NO3S. The smallest absolute Gasteiger partial charge is 0.183 e. The van der Waals surface area contributed by atoms with E-state index in [1.807, 2.05) is 6.07 Å². The van der Waals surface area contributed by atoms with E-state index in [0.717, 1.165) is 18.5 Å². The summed E-state index contributed by atoms with van der Waals surface area (Å²) >= 11 is 0. The Balaban J connectivity index is 2.48. The van der Waals surface area contributed by atoms with Gasteiger partial charge in [-0.3, -0.25) is 0 Å². The van der Waals surface area contributed by atoms with E-state index >= 15 is 0 Å². The van der Waals surface area contributed by atoms with Gasteiger partial charge >= 0.3 is 0 Å². The second-order valence-corrected chi connectivity index (χ2v) is 6.86. The van der Waals surface area contributed by atoms with Gasteiger partial charge in [-0.1, -0.05) is 6.92 Å². The van der Waals surface area contributed by atoms with E-state index in [-0.39, 0.29) is 6.04 Å². The van der Waals surface area contributed by atoms with E-state index in [2.05, 4.69) is 12.2 Å². The quantitative estimate of drug-likeness (QED) is 0.907. The molecule has 1 N–H and O–H groups in total. The van der Waals surface area contributed by atoms with Crippen LogP contribution in [0.25, 0.3) is 0 Å². The molecule has 1 aliphatic rings. The Hall–Kier alpha value is -1.07. The van der Waals surface area contributed by atoms with E-state index in [9.17, 15) is 8.42 Å². The van der Waals surface area contributed by atoms with Crippen LogP contribution in [0.4, 0.5) is 0 Å². The average Bonchev–Trinajstić information content (AvgIpc) is 2.55. The van der Waals surface area contributed by atoms with Crippen LogP contribution in [0.5, 0.6) is 5.75 Å². The monoisotopic (exact) mass is 269 g/mol. The van der Waals surface area contributed by atoms with Gasteiger partial charge in [0.15, 0.2) is 9.84 Å². The lowest BCUT2D eigenvalue weighted by Gasteiger charge is -2.17. The summed E-state index contributed by atoms with van der Waals surface area (Å²) in [6, 6.07) is 5.03. The van der Waals surface area contributed by atoms with Gasteiger partial charge in [0.1, 0.15) is 5.75 Å². The van der Waals surface area contributed by atoms with Gasteiger partial charge in [-0.05, 0) is 43.7 Å². The number of sulfone groups is 1. The van der Waals surface area contributed by atoms with E-state index in [1.165, 1.54) is 0 Å². The lowest BCUT2D eigenvalue weighted by molar-refractivity contribution is 0.412. The molecule has 4 nitrogen and oxygen atoms in total. The van der Waals surface area contributed by atoms with Crippen LogP contribution < -0.4 is 10.1 Å². The molecule has 18 heavy (non-hydrogen) atoms. The SMILES string of the molecule is CCCNC1c2cc(OC)ccc2S(=O)(=O)C1C. The number of fused-ring (bicyclic) bond motifs is 1. The van der Waals surface area contributed by atoms with Crippen LogP contribution in [0.3, 0.4) is 0 Å². The van der Waals surface area contributed by atoms with Gasteiger partial charge < -0.3 is 10.1 Å². The largest absolute Gasteiger partial charge is 0.497 e. The number of nitrogens with one attached hydrogen (secondary N) is 1. The van der Waals surface area contributed by atoms with Crippen molar-refractivity contribution in [1.82, 2.24) is 5.32 Å². The molecule has 1 heterocycles. The molecule has 1 aromatic carbocycles. The van der Waals surface area contributed by atoms with E-state index in [4.69, 9.17) is 4.74 Å². The van der Waals surface area contributed by atoms with Crippen molar-refractivity contribution in [2.45, 2.75) is 36.5 Å². The first-order valence-corrected chi connectivity index (χ1v) is 7.72. The van der Waals surface area contributed by atoms with Crippen LogP contribution in [0.15, 0.2) is 23.1 Å². The van der Waals surface area contributed by atoms with E-state index in [0.29, 0.717) is 10.6 Å². The minimum atomic E-state index is -3.21. The molecule has 2 atom stereocenters. The summed E-state index contributed by atoms with van der Waals surface area (Å²) in [4.78, 5) is 0.435. The third-order valence-corrected chi connectivity index (χ3v) is 5.67. The molecule has 1 aromatic rings. The topological polar surface area (TPSA) is 55.4 Å². The van der Waals surface area contributed by atoms with Gasteiger partial charge in [-0.25, -0.2) is 8.42 Å². The molecule has 0 radical (unpaired) electrons. The van der Waals surface area contributed by atoms with Gasteiger partial charge in [-0.2, -0.15) is 0 Å². The summed E-state index contributed by atoms with van der Waals surface area (Å²) in [6.07, 6.45) is 0.975. The molecule has 0 bridgehead atoms. The summed E-state index contributed by atoms with van der Waals surface area (Å²) in [6.45, 7) is 4.63. The Bertz CT molecular complexity index is 539. The van der Waals surface area contributed by atoms with Gasteiger partial charge in [0, 0.05) is 0 Å². The number of benzene rings is 1. The minimum Gasteiger partial charge on any atom is -0.497 e. The first kappa shape index (κ1) is 13.4. The minimum absolute atomic E-state index is 0.139. The van der Waals surface area contributed by atoms with Crippen molar-refractivity contribution in [3.8, 4) is 5.75 Å². The Morgan fingerprint density at radius 2 is 2.11 bits per heavy atom. The summed E-state index contributed by atoms with van der Waals surface area (Å²) in [5.41, 5.74) is 0.829. The number of hydrogen-bond acceptors (Lipinski definition) is 4. The van der Waals surface area contributed by atoms with Crippen molar-refractivity contribution in [1.29, 1.82) is 0 Å². The fourth-order valence-corrected chi connectivity index (χ4v) is 4.14. The van der Waals surface area contributed by atoms with E-state index in [1.54, 1.807) is 26.2 Å². The fourth-order valence-electron chi connectivity index (χ4n) is 2.36. The highest BCUT2D eigenvalue weighted by atomic mass is 32.2. The molecule has 0 saturated carbocycles. The van der Waals surface area contributed by atoms with Crippen molar-refractivity contribution in [3.05, 3.63) is 23.8 Å². The van der Waals surface area contributed by atoms with Crippen molar-refractivity contribution in [3.63, 3.8) is 0 Å². The molecule has 2 unspecified atom stereocenters. The van der Waals surface area contributed by atoms with Gasteiger partial charge in [-0.15, -0.1) is 0 Å². The summed E-state index contributed by atoms with van der Waals surface area (Å²) in [5, 5.41) is 2.88. The third kappa shape index (κ3) is 2.01. The van der Waals surface area contributed by atoms with Crippen LogP contribution in [0.1, 0.15) is 31.9 Å². The maximum atomic E-state index is 12.3. The Morgan fingerprint density at radius 3 is 2.72 bits per heavy atom. The molecule has 2 rings (SSSR count). The molecular weight excluding hydrogens is 250 g/mol. The maximum absolute atomic E-state index is 12.3. The molecule has 0 saturated heterocycles. The summed E-state index contributed by atoms with van der Waals surface area (Å²) < 4.78 is 29.7. The van der Waals surface area contributed by atoms with Gasteiger partial charge in [0.05, 0.1) is 23.3 Å². The first-order valence-electron chi connectivity index (χ1n) is 6.17. The molecule has 0 fully saturated rings. The van der Waals surface area contributed by atoms with Crippen molar-refractivity contribution >= 4 is 9.84 Å². The number of rotatable bonds is 4. The number of methoxy groups -OCH3 is 1. The van der Waals surface area contributed by atoms with Crippen molar-refractivity contribution in [2.24, 2.45) is 0 Å². The molecule has 1 aliphatic heterocycles. The standard InChI is InChI=1S/C13H19NO3S/c1-4-7-14-13-9(2)18(15,16)12-6-5-10(17-3)8-11(12)13/h5-6,8-9,13-14H,4,7H2,1-3H3. The van der Waals surface area contributed by atoms with Crippen LogP contribution in [-0.4, -0.2) is 27.3 Å². The van der Waals surface area contributed by atoms with Crippen LogP contribution in [0.2, 0.25) is 0 Å². The zero-order chi connectivity index (χ0) is 13.3. The second-order valence-electron chi connectivity index (χ2n) is 4.59. The fraction of sp³-hybridized carbons (Fsp3) is 0.538. The average molecular weight is 269 g/mol. The summed E-state index contributed by atoms with van der Waals surface area (Å²) in [7, 11) is -1.62. The van der Waals surface area contributed by atoms with Gasteiger partial charge in [0.25, 0.3) is 0 Å². The Kier molecular flexibility index (Phi) is 3.64. The molecule has 0 aliphatic carbocycles. The normalized spacial score (nSPS) is 24.8. The lowest BCUT2D eigenvalue weighted by Crippen LogP contribution is -2.30. The van der Waals surface area contributed by atoms with Gasteiger partial charge in [0.2, 0.25) is 0 Å². The van der Waals surface area contributed by atoms with Crippen LogP contribution in [-0.2, 0) is 9.84 Å². The number of hydrogen-bond donors (Lipinski definition) is 1. The molecule has 0 aromatic heterocycles.